The van der Waals surface area contributed by atoms with Gasteiger partial charge in [-0.25, -0.2) is 0 Å². The van der Waals surface area contributed by atoms with Gasteiger partial charge in [-0.3, -0.25) is 4.79 Å². The Morgan fingerprint density at radius 2 is 1.68 bits per heavy atom. The minimum atomic E-state index is -0.338. The molecule has 1 heterocycles. The maximum atomic E-state index is 12.1. The van der Waals surface area contributed by atoms with Crippen molar-refractivity contribution in [1.82, 2.24) is 5.48 Å². The van der Waals surface area contributed by atoms with Crippen LogP contribution in [0.3, 0.4) is 0 Å². The van der Waals surface area contributed by atoms with Crippen LogP contribution in [0.15, 0.2) is 60.7 Å². The smallest absolute Gasteiger partial charge is 0.263 e. The van der Waals surface area contributed by atoms with Gasteiger partial charge in [0.15, 0.2) is 5.75 Å². The van der Waals surface area contributed by atoms with E-state index in [1.54, 1.807) is 0 Å². The molecule has 1 aliphatic rings. The van der Waals surface area contributed by atoms with Crippen LogP contribution in [0.25, 0.3) is 6.08 Å². The number of hydrogen-bond acceptors (Lipinski definition) is 2. The van der Waals surface area contributed by atoms with Gasteiger partial charge in [0.1, 0.15) is 0 Å². The van der Waals surface area contributed by atoms with Crippen LogP contribution in [-0.4, -0.2) is 5.91 Å². The topological polar surface area (TPSA) is 38.3 Å². The first kappa shape index (κ1) is 11.5. The summed E-state index contributed by atoms with van der Waals surface area (Å²) in [6.07, 6.45) is 3.82. The number of hydrogen-bond donors (Lipinski definition) is 1. The SMILES string of the molecule is O=C1NOc2ccccc2C=CC1c1ccccc1. The maximum absolute atomic E-state index is 12.1. The summed E-state index contributed by atoms with van der Waals surface area (Å²) in [6.45, 7) is 0. The molecule has 3 rings (SSSR count). The van der Waals surface area contributed by atoms with Gasteiger partial charge in [-0.15, -0.1) is 0 Å². The second-order valence-electron chi connectivity index (χ2n) is 4.35. The highest BCUT2D eigenvalue weighted by atomic mass is 16.7. The molecule has 0 radical (unpaired) electrons. The third kappa shape index (κ3) is 2.36. The predicted octanol–water partition coefficient (Wildman–Crippen LogP) is 2.91. The zero-order valence-electron chi connectivity index (χ0n) is 10.2. The van der Waals surface area contributed by atoms with Crippen LogP contribution >= 0.6 is 0 Å². The zero-order chi connectivity index (χ0) is 13.1. The summed E-state index contributed by atoms with van der Waals surface area (Å²) in [4.78, 5) is 17.4. The molecule has 1 amide bonds. The normalized spacial score (nSPS) is 17.7. The molecule has 0 aromatic heterocycles. The lowest BCUT2D eigenvalue weighted by Gasteiger charge is -2.17. The Morgan fingerprint density at radius 1 is 0.947 bits per heavy atom. The van der Waals surface area contributed by atoms with E-state index in [-0.39, 0.29) is 11.8 Å². The van der Waals surface area contributed by atoms with E-state index in [0.717, 1.165) is 11.1 Å². The molecule has 94 valence electrons. The van der Waals surface area contributed by atoms with Crippen molar-refractivity contribution in [3.8, 4) is 5.75 Å². The van der Waals surface area contributed by atoms with Crippen molar-refractivity contribution in [2.45, 2.75) is 5.92 Å². The first-order valence-corrected chi connectivity index (χ1v) is 6.13. The number of carbonyl (C=O) groups excluding carboxylic acids is 1. The zero-order valence-corrected chi connectivity index (χ0v) is 10.2. The quantitative estimate of drug-likeness (QED) is 0.846. The molecular formula is C16H13NO2. The molecule has 2 aromatic rings. The standard InChI is InChI=1S/C16H13NO2/c18-16-14(12-6-2-1-3-7-12)11-10-13-8-4-5-9-15(13)19-17-16/h1-11,14H,(H,17,18). The highest BCUT2D eigenvalue weighted by molar-refractivity contribution is 5.86. The Bertz CT molecular complexity index is 620. The van der Waals surface area contributed by atoms with Gasteiger partial charge in [0, 0.05) is 5.56 Å². The average Bonchev–Trinajstić information content (AvgIpc) is 2.45. The molecular weight excluding hydrogens is 238 g/mol. The molecule has 2 aromatic carbocycles. The van der Waals surface area contributed by atoms with Crippen molar-refractivity contribution in [2.75, 3.05) is 0 Å². The Balaban J connectivity index is 1.99. The molecule has 3 heteroatoms. The summed E-state index contributed by atoms with van der Waals surface area (Å²) in [5.41, 5.74) is 4.39. The molecule has 1 atom stereocenters. The first-order chi connectivity index (χ1) is 9.34. The fraction of sp³-hybridized carbons (Fsp3) is 0.0625. The van der Waals surface area contributed by atoms with E-state index in [2.05, 4.69) is 5.48 Å². The van der Waals surface area contributed by atoms with E-state index >= 15 is 0 Å². The summed E-state index contributed by atoms with van der Waals surface area (Å²) < 4.78 is 0. The molecule has 0 saturated heterocycles. The van der Waals surface area contributed by atoms with E-state index < -0.39 is 0 Å². The van der Waals surface area contributed by atoms with Crippen LogP contribution < -0.4 is 10.3 Å². The molecule has 1 unspecified atom stereocenters. The Kier molecular flexibility index (Phi) is 3.02. The van der Waals surface area contributed by atoms with Gasteiger partial charge in [-0.05, 0) is 11.6 Å². The Labute approximate surface area is 111 Å². The molecule has 0 fully saturated rings. The number of fused-ring (bicyclic) bond motifs is 1. The second kappa shape index (κ2) is 4.98. The monoisotopic (exact) mass is 251 g/mol. The van der Waals surface area contributed by atoms with Crippen molar-refractivity contribution in [1.29, 1.82) is 0 Å². The largest absolute Gasteiger partial charge is 0.379 e. The summed E-state index contributed by atoms with van der Waals surface area (Å²) >= 11 is 0. The van der Waals surface area contributed by atoms with E-state index in [1.807, 2.05) is 66.7 Å². The molecule has 0 aliphatic carbocycles. The van der Waals surface area contributed by atoms with Gasteiger partial charge in [-0.2, -0.15) is 5.48 Å². The second-order valence-corrected chi connectivity index (χ2v) is 4.35. The summed E-state index contributed by atoms with van der Waals surface area (Å²) in [6, 6.07) is 17.2. The van der Waals surface area contributed by atoms with Crippen LogP contribution in [0.4, 0.5) is 0 Å². The van der Waals surface area contributed by atoms with Gasteiger partial charge in [-0.1, -0.05) is 60.7 Å². The highest BCUT2D eigenvalue weighted by Gasteiger charge is 2.20. The minimum Gasteiger partial charge on any atom is -0.379 e. The van der Waals surface area contributed by atoms with E-state index in [9.17, 15) is 4.79 Å². The number of rotatable bonds is 1. The van der Waals surface area contributed by atoms with Crippen LogP contribution in [-0.2, 0) is 4.79 Å². The molecule has 19 heavy (non-hydrogen) atoms. The number of hydroxylamine groups is 1. The van der Waals surface area contributed by atoms with Crippen LogP contribution in [0.5, 0.6) is 5.75 Å². The number of nitrogens with one attached hydrogen (secondary N) is 1. The lowest BCUT2D eigenvalue weighted by Crippen LogP contribution is -2.32. The number of carbonyl (C=O) groups is 1. The number of para-hydroxylation sites is 1. The molecule has 1 aliphatic heterocycles. The number of benzene rings is 2. The van der Waals surface area contributed by atoms with Gasteiger partial charge >= 0.3 is 0 Å². The third-order valence-electron chi connectivity index (χ3n) is 3.09. The summed E-state index contributed by atoms with van der Waals surface area (Å²) in [7, 11) is 0. The van der Waals surface area contributed by atoms with E-state index in [0.29, 0.717) is 5.75 Å². The molecule has 0 bridgehead atoms. The molecule has 3 nitrogen and oxygen atoms in total. The third-order valence-corrected chi connectivity index (χ3v) is 3.09. The predicted molar refractivity (Wildman–Crippen MR) is 73.4 cm³/mol. The van der Waals surface area contributed by atoms with Crippen LogP contribution in [0.1, 0.15) is 17.0 Å². The van der Waals surface area contributed by atoms with Crippen molar-refractivity contribution in [2.24, 2.45) is 0 Å². The highest BCUT2D eigenvalue weighted by Crippen LogP contribution is 2.25. The Morgan fingerprint density at radius 3 is 2.53 bits per heavy atom. The summed E-state index contributed by atoms with van der Waals surface area (Å²) in [5.74, 6) is 0.144. The minimum absolute atomic E-state index is 0.169. The lowest BCUT2D eigenvalue weighted by molar-refractivity contribution is -0.128. The van der Waals surface area contributed by atoms with Crippen molar-refractivity contribution < 1.29 is 9.63 Å². The molecule has 0 spiro atoms. The van der Waals surface area contributed by atoms with Crippen LogP contribution in [0.2, 0.25) is 0 Å². The van der Waals surface area contributed by atoms with E-state index in [1.165, 1.54) is 0 Å². The van der Waals surface area contributed by atoms with Gasteiger partial charge < -0.3 is 4.84 Å². The maximum Gasteiger partial charge on any atom is 0.263 e. The first-order valence-electron chi connectivity index (χ1n) is 6.13. The van der Waals surface area contributed by atoms with Gasteiger partial charge in [0.05, 0.1) is 5.92 Å². The Hall–Kier alpha value is -2.55. The summed E-state index contributed by atoms with van der Waals surface area (Å²) in [5, 5.41) is 0. The fourth-order valence-electron chi connectivity index (χ4n) is 2.09. The van der Waals surface area contributed by atoms with Crippen molar-refractivity contribution >= 4 is 12.0 Å². The lowest BCUT2D eigenvalue weighted by atomic mass is 9.96. The van der Waals surface area contributed by atoms with Gasteiger partial charge in [0.25, 0.3) is 5.91 Å². The molecule has 0 saturated carbocycles. The number of amides is 1. The molecule has 1 N–H and O–H groups in total. The van der Waals surface area contributed by atoms with Crippen molar-refractivity contribution in [3.05, 3.63) is 71.8 Å². The van der Waals surface area contributed by atoms with E-state index in [4.69, 9.17) is 4.84 Å². The van der Waals surface area contributed by atoms with Crippen LogP contribution in [0, 0.1) is 0 Å². The fourth-order valence-corrected chi connectivity index (χ4v) is 2.09. The van der Waals surface area contributed by atoms with Crippen molar-refractivity contribution in [3.63, 3.8) is 0 Å². The van der Waals surface area contributed by atoms with Gasteiger partial charge in [0.2, 0.25) is 0 Å². The average molecular weight is 251 g/mol.